The van der Waals surface area contributed by atoms with Crippen LogP contribution in [0.3, 0.4) is 0 Å². The quantitative estimate of drug-likeness (QED) is 0.759. The molecule has 1 N–H and O–H groups in total. The van der Waals surface area contributed by atoms with Crippen LogP contribution < -0.4 is 0 Å². The zero-order valence-corrected chi connectivity index (χ0v) is 8.59. The fraction of sp³-hybridized carbons (Fsp3) is 0.364. The standard InChI is InChI=1S/C11H12O2S/c1-7-4-9(8-2-3-14-6-8)10(5-7)11(12)13/h2-3,6,9-10H,1,4-5H2,(H,12,13)/t9-,10+/m0/s1. The Morgan fingerprint density at radius 3 is 2.93 bits per heavy atom. The molecule has 0 spiro atoms. The molecule has 0 bridgehead atoms. The fourth-order valence-electron chi connectivity index (χ4n) is 2.09. The minimum Gasteiger partial charge on any atom is -0.481 e. The first-order valence-corrected chi connectivity index (χ1v) is 5.54. The molecule has 1 aromatic rings. The lowest BCUT2D eigenvalue weighted by Gasteiger charge is -2.13. The first-order chi connectivity index (χ1) is 6.68. The third-order valence-electron chi connectivity index (χ3n) is 2.79. The van der Waals surface area contributed by atoms with Gasteiger partial charge in [-0.1, -0.05) is 12.2 Å². The molecule has 0 aliphatic heterocycles. The molecule has 3 heteroatoms. The van der Waals surface area contributed by atoms with Crippen LogP contribution in [0.15, 0.2) is 29.0 Å². The lowest BCUT2D eigenvalue weighted by Crippen LogP contribution is -2.16. The molecule has 0 aromatic carbocycles. The van der Waals surface area contributed by atoms with Gasteiger partial charge in [-0.25, -0.2) is 0 Å². The van der Waals surface area contributed by atoms with Crippen molar-refractivity contribution in [2.75, 3.05) is 0 Å². The van der Waals surface area contributed by atoms with Gasteiger partial charge in [0.2, 0.25) is 0 Å². The zero-order valence-electron chi connectivity index (χ0n) is 7.77. The van der Waals surface area contributed by atoms with E-state index in [-0.39, 0.29) is 11.8 Å². The molecule has 74 valence electrons. The molecule has 1 aliphatic rings. The minimum atomic E-state index is -0.695. The Hall–Kier alpha value is -1.09. The molecule has 1 heterocycles. The van der Waals surface area contributed by atoms with E-state index in [9.17, 15) is 4.79 Å². The number of thiophene rings is 1. The van der Waals surface area contributed by atoms with Gasteiger partial charge in [0.1, 0.15) is 0 Å². The molecular weight excluding hydrogens is 196 g/mol. The Balaban J connectivity index is 2.26. The first-order valence-electron chi connectivity index (χ1n) is 4.60. The van der Waals surface area contributed by atoms with E-state index in [4.69, 9.17) is 5.11 Å². The van der Waals surface area contributed by atoms with Gasteiger partial charge in [0.15, 0.2) is 0 Å². The molecule has 2 atom stereocenters. The second-order valence-corrected chi connectivity index (χ2v) is 4.55. The number of carboxylic acid groups (broad SMARTS) is 1. The van der Waals surface area contributed by atoms with Crippen LogP contribution in [0.1, 0.15) is 24.3 Å². The summed E-state index contributed by atoms with van der Waals surface area (Å²) in [5, 5.41) is 13.1. The lowest BCUT2D eigenvalue weighted by molar-refractivity contribution is -0.141. The average Bonchev–Trinajstić information content (AvgIpc) is 2.70. The van der Waals surface area contributed by atoms with Crippen LogP contribution in [-0.2, 0) is 4.79 Å². The molecule has 2 nitrogen and oxygen atoms in total. The molecule has 0 saturated heterocycles. The maximum absolute atomic E-state index is 11.0. The molecule has 0 unspecified atom stereocenters. The van der Waals surface area contributed by atoms with Gasteiger partial charge in [0.25, 0.3) is 0 Å². The van der Waals surface area contributed by atoms with Gasteiger partial charge in [0.05, 0.1) is 5.92 Å². The van der Waals surface area contributed by atoms with Crippen LogP contribution in [-0.4, -0.2) is 11.1 Å². The number of allylic oxidation sites excluding steroid dienone is 1. The van der Waals surface area contributed by atoms with E-state index in [1.807, 2.05) is 16.8 Å². The van der Waals surface area contributed by atoms with E-state index >= 15 is 0 Å². The van der Waals surface area contributed by atoms with Gasteiger partial charge in [0, 0.05) is 5.92 Å². The molecule has 1 fully saturated rings. The number of hydrogen-bond acceptors (Lipinski definition) is 2. The first kappa shape index (κ1) is 9.46. The van der Waals surface area contributed by atoms with Crippen molar-refractivity contribution in [1.29, 1.82) is 0 Å². The van der Waals surface area contributed by atoms with Crippen LogP contribution in [0, 0.1) is 5.92 Å². The summed E-state index contributed by atoms with van der Waals surface area (Å²) in [4.78, 5) is 11.0. The summed E-state index contributed by atoms with van der Waals surface area (Å²) in [6, 6.07) is 2.02. The summed E-state index contributed by atoms with van der Waals surface area (Å²) in [7, 11) is 0. The van der Waals surface area contributed by atoms with E-state index in [0.29, 0.717) is 6.42 Å². The lowest BCUT2D eigenvalue weighted by atomic mass is 9.91. The molecule has 14 heavy (non-hydrogen) atoms. The van der Waals surface area contributed by atoms with Gasteiger partial charge >= 0.3 is 5.97 Å². The van der Waals surface area contributed by atoms with Crippen molar-refractivity contribution in [2.24, 2.45) is 5.92 Å². The van der Waals surface area contributed by atoms with Crippen LogP contribution in [0.2, 0.25) is 0 Å². The Morgan fingerprint density at radius 1 is 1.57 bits per heavy atom. The van der Waals surface area contributed by atoms with E-state index in [1.54, 1.807) is 11.3 Å². The van der Waals surface area contributed by atoms with Gasteiger partial charge < -0.3 is 5.11 Å². The van der Waals surface area contributed by atoms with E-state index in [0.717, 1.165) is 17.6 Å². The second kappa shape index (κ2) is 3.58. The monoisotopic (exact) mass is 208 g/mol. The summed E-state index contributed by atoms with van der Waals surface area (Å²) >= 11 is 1.62. The number of rotatable bonds is 2. The van der Waals surface area contributed by atoms with Crippen molar-refractivity contribution in [3.05, 3.63) is 34.5 Å². The van der Waals surface area contributed by atoms with Gasteiger partial charge in [-0.2, -0.15) is 11.3 Å². The van der Waals surface area contributed by atoms with Crippen molar-refractivity contribution in [1.82, 2.24) is 0 Å². The highest BCUT2D eigenvalue weighted by Crippen LogP contribution is 2.42. The third-order valence-corrected chi connectivity index (χ3v) is 3.49. The normalized spacial score (nSPS) is 26.7. The highest BCUT2D eigenvalue weighted by Gasteiger charge is 2.35. The number of aliphatic carboxylic acids is 1. The summed E-state index contributed by atoms with van der Waals surface area (Å²) in [5.74, 6) is -0.816. The Morgan fingerprint density at radius 2 is 2.36 bits per heavy atom. The predicted molar refractivity (Wildman–Crippen MR) is 56.6 cm³/mol. The van der Waals surface area contributed by atoms with Crippen molar-refractivity contribution in [2.45, 2.75) is 18.8 Å². The zero-order chi connectivity index (χ0) is 10.1. The van der Waals surface area contributed by atoms with Crippen LogP contribution in [0.25, 0.3) is 0 Å². The highest BCUT2D eigenvalue weighted by atomic mass is 32.1. The summed E-state index contributed by atoms with van der Waals surface area (Å²) < 4.78 is 0. The number of carbonyl (C=O) groups is 1. The largest absolute Gasteiger partial charge is 0.481 e. The molecule has 2 rings (SSSR count). The Bertz CT molecular complexity index is 353. The van der Waals surface area contributed by atoms with Crippen molar-refractivity contribution < 1.29 is 9.90 Å². The van der Waals surface area contributed by atoms with Gasteiger partial charge in [-0.15, -0.1) is 0 Å². The summed E-state index contributed by atoms with van der Waals surface area (Å²) in [6.07, 6.45) is 1.46. The van der Waals surface area contributed by atoms with E-state index in [2.05, 4.69) is 6.58 Å². The smallest absolute Gasteiger partial charge is 0.307 e. The van der Waals surface area contributed by atoms with Crippen LogP contribution >= 0.6 is 11.3 Å². The molecule has 1 saturated carbocycles. The Labute approximate surface area is 86.9 Å². The SMILES string of the molecule is C=C1C[C@@H](C(=O)O)[C@H](c2ccsc2)C1. The molecule has 1 aliphatic carbocycles. The highest BCUT2D eigenvalue weighted by molar-refractivity contribution is 7.08. The van der Waals surface area contributed by atoms with Gasteiger partial charge in [-0.05, 0) is 35.2 Å². The molecule has 0 amide bonds. The van der Waals surface area contributed by atoms with E-state index < -0.39 is 5.97 Å². The molecule has 0 radical (unpaired) electrons. The average molecular weight is 208 g/mol. The van der Waals surface area contributed by atoms with Crippen molar-refractivity contribution >= 4 is 17.3 Å². The molecular formula is C11H12O2S. The summed E-state index contributed by atoms with van der Waals surface area (Å²) in [5.41, 5.74) is 2.22. The van der Waals surface area contributed by atoms with Crippen LogP contribution in [0.4, 0.5) is 0 Å². The molecule has 1 aromatic heterocycles. The van der Waals surface area contributed by atoms with Crippen molar-refractivity contribution in [3.8, 4) is 0 Å². The van der Waals surface area contributed by atoms with Gasteiger partial charge in [-0.3, -0.25) is 4.79 Å². The predicted octanol–water partition coefficient (Wildman–Crippen LogP) is 2.88. The fourth-order valence-corrected chi connectivity index (χ4v) is 2.81. The maximum atomic E-state index is 11.0. The third kappa shape index (κ3) is 1.60. The topological polar surface area (TPSA) is 37.3 Å². The Kier molecular flexibility index (Phi) is 2.42. The van der Waals surface area contributed by atoms with E-state index in [1.165, 1.54) is 0 Å². The maximum Gasteiger partial charge on any atom is 0.307 e. The number of carboxylic acids is 1. The van der Waals surface area contributed by atoms with Crippen molar-refractivity contribution in [3.63, 3.8) is 0 Å². The minimum absolute atomic E-state index is 0.145. The summed E-state index contributed by atoms with van der Waals surface area (Å²) in [6.45, 7) is 3.89. The van der Waals surface area contributed by atoms with Crippen LogP contribution in [0.5, 0.6) is 0 Å². The second-order valence-electron chi connectivity index (χ2n) is 3.77. The number of hydrogen-bond donors (Lipinski definition) is 1.